The number of hydrogen-bond acceptors (Lipinski definition) is 4. The van der Waals surface area contributed by atoms with Gasteiger partial charge in [0.1, 0.15) is 0 Å². The SMILES string of the molecule is O=C(Nc1ccc(Sc2ccccc2[N+](=O)[O-])cc1)c1ccccc1. The van der Waals surface area contributed by atoms with Gasteiger partial charge in [0.2, 0.25) is 0 Å². The van der Waals surface area contributed by atoms with Crippen LogP contribution in [0.1, 0.15) is 10.4 Å². The maximum atomic E-state index is 12.1. The van der Waals surface area contributed by atoms with Gasteiger partial charge in [-0.3, -0.25) is 14.9 Å². The predicted molar refractivity (Wildman–Crippen MR) is 98.1 cm³/mol. The van der Waals surface area contributed by atoms with Crippen LogP contribution in [-0.4, -0.2) is 10.8 Å². The van der Waals surface area contributed by atoms with Crippen LogP contribution in [0.25, 0.3) is 0 Å². The minimum Gasteiger partial charge on any atom is -0.322 e. The van der Waals surface area contributed by atoms with Gasteiger partial charge >= 0.3 is 0 Å². The summed E-state index contributed by atoms with van der Waals surface area (Å²) in [5.41, 5.74) is 1.33. The number of rotatable bonds is 5. The number of anilines is 1. The van der Waals surface area contributed by atoms with E-state index in [4.69, 9.17) is 0 Å². The zero-order chi connectivity index (χ0) is 17.6. The fourth-order valence-corrected chi connectivity index (χ4v) is 3.14. The van der Waals surface area contributed by atoms with E-state index in [1.165, 1.54) is 17.8 Å². The fraction of sp³-hybridized carbons (Fsp3) is 0. The van der Waals surface area contributed by atoms with Gasteiger partial charge in [-0.15, -0.1) is 0 Å². The van der Waals surface area contributed by atoms with Crippen LogP contribution in [0, 0.1) is 10.1 Å². The number of nitro benzene ring substituents is 1. The van der Waals surface area contributed by atoms with Crippen LogP contribution in [0.4, 0.5) is 11.4 Å². The highest BCUT2D eigenvalue weighted by Gasteiger charge is 2.13. The molecule has 0 unspecified atom stereocenters. The third kappa shape index (κ3) is 4.24. The van der Waals surface area contributed by atoms with Gasteiger partial charge in [-0.1, -0.05) is 42.1 Å². The summed E-state index contributed by atoms with van der Waals surface area (Å²) in [6, 6.07) is 22.8. The quantitative estimate of drug-likeness (QED) is 0.519. The van der Waals surface area contributed by atoms with Crippen molar-refractivity contribution in [2.24, 2.45) is 0 Å². The topological polar surface area (TPSA) is 72.2 Å². The highest BCUT2D eigenvalue weighted by Crippen LogP contribution is 2.34. The smallest absolute Gasteiger partial charge is 0.283 e. The zero-order valence-corrected chi connectivity index (χ0v) is 13.9. The van der Waals surface area contributed by atoms with E-state index in [0.717, 1.165) is 4.90 Å². The lowest BCUT2D eigenvalue weighted by molar-refractivity contribution is -0.387. The second kappa shape index (κ2) is 7.63. The summed E-state index contributed by atoms with van der Waals surface area (Å²) in [7, 11) is 0. The molecule has 0 radical (unpaired) electrons. The molecule has 0 spiro atoms. The van der Waals surface area contributed by atoms with Gasteiger partial charge in [0.05, 0.1) is 9.82 Å². The van der Waals surface area contributed by atoms with Crippen LogP contribution in [-0.2, 0) is 0 Å². The first-order valence-corrected chi connectivity index (χ1v) is 8.33. The highest BCUT2D eigenvalue weighted by atomic mass is 32.2. The summed E-state index contributed by atoms with van der Waals surface area (Å²) >= 11 is 1.31. The molecule has 0 aliphatic rings. The van der Waals surface area contributed by atoms with E-state index in [1.54, 1.807) is 54.6 Å². The van der Waals surface area contributed by atoms with E-state index in [0.29, 0.717) is 16.1 Å². The van der Waals surface area contributed by atoms with E-state index in [2.05, 4.69) is 5.32 Å². The summed E-state index contributed by atoms with van der Waals surface area (Å²) in [4.78, 5) is 24.2. The van der Waals surface area contributed by atoms with Crippen molar-refractivity contribution in [2.75, 3.05) is 5.32 Å². The van der Waals surface area contributed by atoms with Gasteiger partial charge in [0.15, 0.2) is 0 Å². The lowest BCUT2D eigenvalue weighted by Crippen LogP contribution is -2.11. The first-order chi connectivity index (χ1) is 12.1. The molecule has 0 saturated heterocycles. The number of nitrogens with one attached hydrogen (secondary N) is 1. The van der Waals surface area contributed by atoms with E-state index in [9.17, 15) is 14.9 Å². The molecule has 3 aromatic rings. The number of nitro groups is 1. The number of carbonyl (C=O) groups is 1. The molecule has 1 amide bonds. The Morgan fingerprint density at radius 2 is 1.52 bits per heavy atom. The fourth-order valence-electron chi connectivity index (χ4n) is 2.22. The van der Waals surface area contributed by atoms with Crippen LogP contribution >= 0.6 is 11.8 Å². The lowest BCUT2D eigenvalue weighted by atomic mass is 10.2. The van der Waals surface area contributed by atoms with Crippen molar-refractivity contribution < 1.29 is 9.72 Å². The molecule has 0 fully saturated rings. The average Bonchev–Trinajstić information content (AvgIpc) is 2.64. The first kappa shape index (κ1) is 16.7. The summed E-state index contributed by atoms with van der Waals surface area (Å²) in [6.45, 7) is 0. The molecular weight excluding hydrogens is 336 g/mol. The van der Waals surface area contributed by atoms with Crippen LogP contribution in [0.3, 0.4) is 0 Å². The minimum atomic E-state index is -0.392. The van der Waals surface area contributed by atoms with Crippen molar-refractivity contribution in [2.45, 2.75) is 9.79 Å². The van der Waals surface area contributed by atoms with Gasteiger partial charge in [0, 0.05) is 22.2 Å². The third-order valence-electron chi connectivity index (χ3n) is 3.44. The Hall–Kier alpha value is -3.12. The van der Waals surface area contributed by atoms with Gasteiger partial charge in [0.25, 0.3) is 11.6 Å². The molecule has 0 atom stereocenters. The molecule has 0 heterocycles. The molecule has 25 heavy (non-hydrogen) atoms. The second-order valence-electron chi connectivity index (χ2n) is 5.17. The van der Waals surface area contributed by atoms with Gasteiger partial charge in [-0.25, -0.2) is 0 Å². The predicted octanol–water partition coefficient (Wildman–Crippen LogP) is 5.00. The van der Waals surface area contributed by atoms with Crippen molar-refractivity contribution >= 4 is 29.0 Å². The van der Waals surface area contributed by atoms with Crippen LogP contribution in [0.2, 0.25) is 0 Å². The Morgan fingerprint density at radius 3 is 2.20 bits per heavy atom. The van der Waals surface area contributed by atoms with Gasteiger partial charge < -0.3 is 5.32 Å². The number of benzene rings is 3. The first-order valence-electron chi connectivity index (χ1n) is 7.51. The van der Waals surface area contributed by atoms with E-state index >= 15 is 0 Å². The molecular formula is C19H14N2O3S. The summed E-state index contributed by atoms with van der Waals surface area (Å²) in [6.07, 6.45) is 0. The van der Waals surface area contributed by atoms with Gasteiger partial charge in [-0.2, -0.15) is 0 Å². The maximum absolute atomic E-state index is 12.1. The molecule has 3 aromatic carbocycles. The van der Waals surface area contributed by atoms with E-state index in [1.807, 2.05) is 18.2 Å². The molecule has 0 bridgehead atoms. The number of carbonyl (C=O) groups excluding carboxylic acids is 1. The zero-order valence-electron chi connectivity index (χ0n) is 13.1. The van der Waals surface area contributed by atoms with Gasteiger partial charge in [-0.05, 0) is 42.5 Å². The standard InChI is InChI=1S/C19H14N2O3S/c22-19(14-6-2-1-3-7-14)20-15-10-12-16(13-11-15)25-18-9-5-4-8-17(18)21(23)24/h1-13H,(H,20,22). The van der Waals surface area contributed by atoms with Crippen LogP contribution < -0.4 is 5.32 Å². The summed E-state index contributed by atoms with van der Waals surface area (Å²) in [5, 5.41) is 13.9. The van der Waals surface area contributed by atoms with Crippen molar-refractivity contribution in [3.8, 4) is 0 Å². The average molecular weight is 350 g/mol. The Morgan fingerprint density at radius 1 is 0.880 bits per heavy atom. The van der Waals surface area contributed by atoms with E-state index in [-0.39, 0.29) is 11.6 Å². The Balaban J connectivity index is 1.71. The number of amides is 1. The molecule has 5 nitrogen and oxygen atoms in total. The second-order valence-corrected chi connectivity index (χ2v) is 6.29. The summed E-state index contributed by atoms with van der Waals surface area (Å²) < 4.78 is 0. The molecule has 0 aromatic heterocycles. The van der Waals surface area contributed by atoms with E-state index < -0.39 is 4.92 Å². The largest absolute Gasteiger partial charge is 0.322 e. The number of hydrogen-bond donors (Lipinski definition) is 1. The van der Waals surface area contributed by atoms with Crippen molar-refractivity contribution in [1.29, 1.82) is 0 Å². The van der Waals surface area contributed by atoms with Crippen molar-refractivity contribution in [3.63, 3.8) is 0 Å². The van der Waals surface area contributed by atoms with Crippen molar-refractivity contribution in [3.05, 3.63) is 94.5 Å². The molecule has 0 saturated carbocycles. The van der Waals surface area contributed by atoms with Crippen molar-refractivity contribution in [1.82, 2.24) is 0 Å². The lowest BCUT2D eigenvalue weighted by Gasteiger charge is -2.07. The van der Waals surface area contributed by atoms with Crippen LogP contribution in [0.15, 0.2) is 88.7 Å². The monoisotopic (exact) mass is 350 g/mol. The number of para-hydroxylation sites is 1. The molecule has 6 heteroatoms. The third-order valence-corrected chi connectivity index (χ3v) is 4.51. The molecule has 0 aliphatic heterocycles. The Bertz CT molecular complexity index is 896. The van der Waals surface area contributed by atoms with Crippen LogP contribution in [0.5, 0.6) is 0 Å². The highest BCUT2D eigenvalue weighted by molar-refractivity contribution is 7.99. The number of nitrogens with zero attached hydrogens (tertiary/aromatic N) is 1. The molecule has 3 rings (SSSR count). The minimum absolute atomic E-state index is 0.0777. The molecule has 1 N–H and O–H groups in total. The molecule has 124 valence electrons. The summed E-state index contributed by atoms with van der Waals surface area (Å²) in [5.74, 6) is -0.181. The maximum Gasteiger partial charge on any atom is 0.283 e. The Labute approximate surface area is 148 Å². The molecule has 0 aliphatic carbocycles. The Kier molecular flexibility index (Phi) is 5.11. The normalized spacial score (nSPS) is 10.2.